The van der Waals surface area contributed by atoms with Gasteiger partial charge in [0.25, 0.3) is 0 Å². The molecule has 0 aromatic carbocycles. The summed E-state index contributed by atoms with van der Waals surface area (Å²) in [4.78, 5) is 4.32. The first kappa shape index (κ1) is 13.3. The van der Waals surface area contributed by atoms with Crippen LogP contribution in [0.25, 0.3) is 0 Å². The highest BCUT2D eigenvalue weighted by Crippen LogP contribution is 2.29. The van der Waals surface area contributed by atoms with Gasteiger partial charge in [-0.05, 0) is 43.9 Å². The molecule has 18 heavy (non-hydrogen) atoms. The summed E-state index contributed by atoms with van der Waals surface area (Å²) < 4.78 is 6.04. The molecule has 1 N–H and O–H groups in total. The predicted octanol–water partition coefficient (Wildman–Crippen LogP) is 3.15. The number of nitrogens with one attached hydrogen (secondary N) is 1. The molecule has 1 aromatic heterocycles. The van der Waals surface area contributed by atoms with E-state index in [1.165, 1.54) is 37.7 Å². The van der Waals surface area contributed by atoms with Gasteiger partial charge in [0.2, 0.25) is 5.88 Å². The number of nitrogens with zero attached hydrogens (tertiary/aromatic N) is 1. The van der Waals surface area contributed by atoms with E-state index >= 15 is 0 Å². The maximum atomic E-state index is 6.04. The van der Waals surface area contributed by atoms with Gasteiger partial charge >= 0.3 is 0 Å². The summed E-state index contributed by atoms with van der Waals surface area (Å²) in [6.45, 7) is 3.14. The van der Waals surface area contributed by atoms with E-state index < -0.39 is 0 Å². The first-order chi connectivity index (χ1) is 8.81. The SMILES string of the molecule is CCC1CCCC(Oc2cc(CNC)ccn2)C1. The standard InChI is InChI=1S/C15H24N2O/c1-3-12-5-4-6-14(9-12)18-15-10-13(11-16-2)7-8-17-15/h7-8,10,12,14,16H,3-6,9,11H2,1-2H3. The fourth-order valence-corrected chi connectivity index (χ4v) is 2.72. The smallest absolute Gasteiger partial charge is 0.213 e. The molecule has 1 aliphatic carbocycles. The number of hydrogen-bond donors (Lipinski definition) is 1. The molecule has 0 bridgehead atoms. The Morgan fingerprint density at radius 1 is 1.44 bits per heavy atom. The van der Waals surface area contributed by atoms with E-state index in [1.54, 1.807) is 0 Å². The zero-order valence-electron chi connectivity index (χ0n) is 11.5. The minimum Gasteiger partial charge on any atom is -0.474 e. The lowest BCUT2D eigenvalue weighted by molar-refractivity contribution is 0.117. The fraction of sp³-hybridized carbons (Fsp3) is 0.667. The van der Waals surface area contributed by atoms with Crippen molar-refractivity contribution in [3.05, 3.63) is 23.9 Å². The number of aromatic nitrogens is 1. The molecule has 2 atom stereocenters. The molecule has 1 heterocycles. The Kier molecular flexibility index (Phi) is 5.00. The third-order valence-electron chi connectivity index (χ3n) is 3.78. The highest BCUT2D eigenvalue weighted by Gasteiger charge is 2.22. The highest BCUT2D eigenvalue weighted by atomic mass is 16.5. The van der Waals surface area contributed by atoms with Gasteiger partial charge < -0.3 is 10.1 Å². The van der Waals surface area contributed by atoms with Crippen LogP contribution in [0.3, 0.4) is 0 Å². The second-order valence-corrected chi connectivity index (χ2v) is 5.21. The molecular formula is C15H24N2O. The third kappa shape index (κ3) is 3.70. The molecule has 0 amide bonds. The molecule has 1 aromatic rings. The Morgan fingerprint density at radius 3 is 3.11 bits per heavy atom. The van der Waals surface area contributed by atoms with Crippen LogP contribution >= 0.6 is 0 Å². The lowest BCUT2D eigenvalue weighted by atomic mass is 9.85. The van der Waals surface area contributed by atoms with Crippen LogP contribution in [-0.2, 0) is 6.54 Å². The van der Waals surface area contributed by atoms with E-state index in [-0.39, 0.29) is 0 Å². The van der Waals surface area contributed by atoms with Crippen molar-refractivity contribution in [1.29, 1.82) is 0 Å². The zero-order valence-corrected chi connectivity index (χ0v) is 11.5. The van der Waals surface area contributed by atoms with Crippen LogP contribution in [0.4, 0.5) is 0 Å². The van der Waals surface area contributed by atoms with Crippen molar-refractivity contribution in [1.82, 2.24) is 10.3 Å². The lowest BCUT2D eigenvalue weighted by Gasteiger charge is -2.28. The van der Waals surface area contributed by atoms with E-state index in [9.17, 15) is 0 Å². The first-order valence-electron chi connectivity index (χ1n) is 7.08. The fourth-order valence-electron chi connectivity index (χ4n) is 2.72. The monoisotopic (exact) mass is 248 g/mol. The van der Waals surface area contributed by atoms with Gasteiger partial charge in [-0.15, -0.1) is 0 Å². The van der Waals surface area contributed by atoms with E-state index in [4.69, 9.17) is 4.74 Å². The molecule has 1 fully saturated rings. The molecule has 100 valence electrons. The second kappa shape index (κ2) is 6.74. The van der Waals surface area contributed by atoms with Crippen LogP contribution in [0.1, 0.15) is 44.6 Å². The molecule has 3 nitrogen and oxygen atoms in total. The third-order valence-corrected chi connectivity index (χ3v) is 3.78. The number of hydrogen-bond acceptors (Lipinski definition) is 3. The molecule has 0 aliphatic heterocycles. The maximum Gasteiger partial charge on any atom is 0.213 e. The lowest BCUT2D eigenvalue weighted by Crippen LogP contribution is -2.25. The van der Waals surface area contributed by atoms with Crippen molar-refractivity contribution >= 4 is 0 Å². The van der Waals surface area contributed by atoms with Crippen LogP contribution in [0, 0.1) is 5.92 Å². The second-order valence-electron chi connectivity index (χ2n) is 5.21. The summed E-state index contributed by atoms with van der Waals surface area (Å²) in [5, 5.41) is 3.15. The van der Waals surface area contributed by atoms with Gasteiger partial charge in [-0.3, -0.25) is 0 Å². The van der Waals surface area contributed by atoms with Crippen molar-refractivity contribution in [3.8, 4) is 5.88 Å². The Balaban J connectivity index is 1.93. The minimum atomic E-state index is 0.362. The van der Waals surface area contributed by atoms with Crippen LogP contribution < -0.4 is 10.1 Å². The van der Waals surface area contributed by atoms with Crippen LogP contribution in [-0.4, -0.2) is 18.1 Å². The summed E-state index contributed by atoms with van der Waals surface area (Å²) in [5.41, 5.74) is 1.23. The van der Waals surface area contributed by atoms with Gasteiger partial charge in [-0.2, -0.15) is 0 Å². The number of rotatable bonds is 5. The van der Waals surface area contributed by atoms with E-state index in [0.29, 0.717) is 6.10 Å². The largest absolute Gasteiger partial charge is 0.474 e. The van der Waals surface area contributed by atoms with Gasteiger partial charge in [-0.1, -0.05) is 19.8 Å². The average Bonchev–Trinajstić information content (AvgIpc) is 2.40. The summed E-state index contributed by atoms with van der Waals surface area (Å²) >= 11 is 0. The van der Waals surface area contributed by atoms with E-state index in [0.717, 1.165) is 18.3 Å². The molecule has 0 radical (unpaired) electrons. The molecule has 0 spiro atoms. The Bertz CT molecular complexity index is 367. The summed E-state index contributed by atoms with van der Waals surface area (Å²) in [6.07, 6.45) is 8.49. The molecular weight excluding hydrogens is 224 g/mol. The van der Waals surface area contributed by atoms with Gasteiger partial charge in [0.1, 0.15) is 6.10 Å². The van der Waals surface area contributed by atoms with Crippen molar-refractivity contribution in [3.63, 3.8) is 0 Å². The van der Waals surface area contributed by atoms with Crippen molar-refractivity contribution in [2.45, 2.75) is 51.7 Å². The highest BCUT2D eigenvalue weighted by molar-refractivity contribution is 5.20. The Morgan fingerprint density at radius 2 is 2.33 bits per heavy atom. The molecule has 2 rings (SSSR count). The van der Waals surface area contributed by atoms with E-state index in [2.05, 4.69) is 17.2 Å². The van der Waals surface area contributed by atoms with Crippen molar-refractivity contribution in [2.24, 2.45) is 5.92 Å². The molecule has 3 heteroatoms. The summed E-state index contributed by atoms with van der Waals surface area (Å²) in [5.74, 6) is 1.62. The van der Waals surface area contributed by atoms with Gasteiger partial charge in [0, 0.05) is 18.8 Å². The first-order valence-corrected chi connectivity index (χ1v) is 7.08. The topological polar surface area (TPSA) is 34.1 Å². The number of ether oxygens (including phenoxy) is 1. The predicted molar refractivity (Wildman–Crippen MR) is 73.7 cm³/mol. The van der Waals surface area contributed by atoms with Gasteiger partial charge in [0.15, 0.2) is 0 Å². The minimum absolute atomic E-state index is 0.362. The van der Waals surface area contributed by atoms with Crippen LogP contribution in [0.2, 0.25) is 0 Å². The quantitative estimate of drug-likeness (QED) is 0.869. The van der Waals surface area contributed by atoms with Gasteiger partial charge in [-0.25, -0.2) is 4.98 Å². The van der Waals surface area contributed by atoms with Crippen LogP contribution in [0.15, 0.2) is 18.3 Å². The molecule has 1 saturated carbocycles. The number of pyridine rings is 1. The maximum absolute atomic E-state index is 6.04. The van der Waals surface area contributed by atoms with Crippen molar-refractivity contribution in [2.75, 3.05) is 7.05 Å². The summed E-state index contributed by atoms with van der Waals surface area (Å²) in [7, 11) is 1.95. The Hall–Kier alpha value is -1.09. The van der Waals surface area contributed by atoms with Crippen LogP contribution in [0.5, 0.6) is 5.88 Å². The summed E-state index contributed by atoms with van der Waals surface area (Å²) in [6, 6.07) is 4.07. The molecule has 1 aliphatic rings. The molecule has 0 saturated heterocycles. The average molecular weight is 248 g/mol. The normalized spacial score (nSPS) is 23.9. The zero-order chi connectivity index (χ0) is 12.8. The Labute approximate surface area is 110 Å². The molecule has 2 unspecified atom stereocenters. The van der Waals surface area contributed by atoms with Crippen molar-refractivity contribution < 1.29 is 4.74 Å². The van der Waals surface area contributed by atoms with E-state index in [1.807, 2.05) is 25.4 Å². The van der Waals surface area contributed by atoms with Gasteiger partial charge in [0.05, 0.1) is 0 Å².